The standard InChI is InChI=1S/C28H41N3O3/c1-5-18-31(19-6-2)28(33)26(29-27(32)24-12-10-9-11-13-24)22-23-14-16-25(17-15-23)34-21-20-30(7-3)8-4/h9-17,26H,5-8,18-22H2,1-4H3,(H,29,32)/t26-/m0/s1. The van der Waals surface area contributed by atoms with E-state index in [9.17, 15) is 9.59 Å². The van der Waals surface area contributed by atoms with Crippen LogP contribution in [0.25, 0.3) is 0 Å². The van der Waals surface area contributed by atoms with Crippen LogP contribution in [0, 0.1) is 0 Å². The third-order valence-corrected chi connectivity index (χ3v) is 5.87. The number of carbonyl (C=O) groups is 2. The van der Waals surface area contributed by atoms with E-state index in [1.54, 1.807) is 12.1 Å². The number of hydrogen-bond donors (Lipinski definition) is 1. The van der Waals surface area contributed by atoms with Gasteiger partial charge >= 0.3 is 0 Å². The molecule has 0 heterocycles. The lowest BCUT2D eigenvalue weighted by molar-refractivity contribution is -0.133. The number of likely N-dealkylation sites (N-methyl/N-ethyl adjacent to an activating group) is 1. The van der Waals surface area contributed by atoms with Crippen LogP contribution in [0.1, 0.15) is 56.5 Å². The number of carbonyl (C=O) groups excluding carboxylic acids is 2. The molecule has 0 spiro atoms. The number of nitrogens with one attached hydrogen (secondary N) is 1. The molecule has 34 heavy (non-hydrogen) atoms. The summed E-state index contributed by atoms with van der Waals surface area (Å²) in [6.07, 6.45) is 2.19. The minimum Gasteiger partial charge on any atom is -0.492 e. The number of benzene rings is 2. The second-order valence-corrected chi connectivity index (χ2v) is 8.44. The smallest absolute Gasteiger partial charge is 0.251 e. The predicted molar refractivity (Wildman–Crippen MR) is 138 cm³/mol. The first kappa shape index (κ1) is 27.4. The van der Waals surface area contributed by atoms with Crippen LogP contribution in [0.5, 0.6) is 5.75 Å². The van der Waals surface area contributed by atoms with Gasteiger partial charge in [0.1, 0.15) is 18.4 Å². The van der Waals surface area contributed by atoms with Crippen LogP contribution in [-0.4, -0.2) is 67.0 Å². The van der Waals surface area contributed by atoms with E-state index >= 15 is 0 Å². The van der Waals surface area contributed by atoms with E-state index in [1.165, 1.54) is 0 Å². The summed E-state index contributed by atoms with van der Waals surface area (Å²) in [5.41, 5.74) is 1.53. The van der Waals surface area contributed by atoms with Crippen molar-refractivity contribution >= 4 is 11.8 Å². The third kappa shape index (κ3) is 8.82. The zero-order chi connectivity index (χ0) is 24.8. The topological polar surface area (TPSA) is 61.9 Å². The van der Waals surface area contributed by atoms with Crippen LogP contribution >= 0.6 is 0 Å². The Bertz CT molecular complexity index is 845. The zero-order valence-electron chi connectivity index (χ0n) is 21.3. The molecule has 2 aromatic rings. The van der Waals surface area contributed by atoms with E-state index < -0.39 is 6.04 Å². The highest BCUT2D eigenvalue weighted by molar-refractivity contribution is 5.97. The van der Waals surface area contributed by atoms with Crippen molar-refractivity contribution in [1.29, 1.82) is 0 Å². The number of ether oxygens (including phenoxy) is 1. The van der Waals surface area contributed by atoms with Crippen molar-refractivity contribution in [2.75, 3.05) is 39.3 Å². The molecule has 1 atom stereocenters. The van der Waals surface area contributed by atoms with Crippen LogP contribution in [0.2, 0.25) is 0 Å². The van der Waals surface area contributed by atoms with Gasteiger partial charge in [0.25, 0.3) is 5.91 Å². The van der Waals surface area contributed by atoms with Crippen molar-refractivity contribution < 1.29 is 14.3 Å². The molecule has 0 aliphatic carbocycles. The Kier molecular flexibility index (Phi) is 12.2. The van der Waals surface area contributed by atoms with Gasteiger partial charge in [-0.15, -0.1) is 0 Å². The number of amides is 2. The fraction of sp³-hybridized carbons (Fsp3) is 0.500. The minimum absolute atomic E-state index is 0.0347. The Labute approximate surface area is 205 Å². The summed E-state index contributed by atoms with van der Waals surface area (Å²) >= 11 is 0. The van der Waals surface area contributed by atoms with Crippen molar-refractivity contribution in [2.45, 2.75) is 53.0 Å². The highest BCUT2D eigenvalue weighted by Crippen LogP contribution is 2.15. The number of hydrogen-bond acceptors (Lipinski definition) is 4. The van der Waals surface area contributed by atoms with Gasteiger partial charge < -0.3 is 19.9 Å². The zero-order valence-corrected chi connectivity index (χ0v) is 21.3. The molecule has 6 heteroatoms. The van der Waals surface area contributed by atoms with Crippen LogP contribution in [0.15, 0.2) is 54.6 Å². The summed E-state index contributed by atoms with van der Waals surface area (Å²) in [6, 6.07) is 16.2. The highest BCUT2D eigenvalue weighted by Gasteiger charge is 2.26. The molecule has 0 saturated carbocycles. The monoisotopic (exact) mass is 467 g/mol. The lowest BCUT2D eigenvalue weighted by Gasteiger charge is -2.27. The molecule has 2 amide bonds. The normalized spacial score (nSPS) is 11.8. The second kappa shape index (κ2) is 15.1. The minimum atomic E-state index is -0.625. The van der Waals surface area contributed by atoms with E-state index in [-0.39, 0.29) is 11.8 Å². The van der Waals surface area contributed by atoms with Crippen LogP contribution in [0.4, 0.5) is 0 Å². The predicted octanol–water partition coefficient (Wildman–Crippen LogP) is 4.40. The molecule has 186 valence electrons. The van der Waals surface area contributed by atoms with Crippen molar-refractivity contribution in [3.8, 4) is 5.75 Å². The van der Waals surface area contributed by atoms with Crippen molar-refractivity contribution in [1.82, 2.24) is 15.1 Å². The number of rotatable bonds is 15. The summed E-state index contributed by atoms with van der Waals surface area (Å²) in [5.74, 6) is 0.543. The molecular weight excluding hydrogens is 426 g/mol. The van der Waals surface area contributed by atoms with Gasteiger partial charge in [0, 0.05) is 31.6 Å². The summed E-state index contributed by atoms with van der Waals surface area (Å²) in [5, 5.41) is 2.99. The molecule has 0 saturated heterocycles. The Morgan fingerprint density at radius 2 is 1.47 bits per heavy atom. The molecule has 2 rings (SSSR count). The maximum atomic E-state index is 13.4. The van der Waals surface area contributed by atoms with Crippen LogP contribution in [-0.2, 0) is 11.2 Å². The van der Waals surface area contributed by atoms with Crippen molar-refractivity contribution in [2.24, 2.45) is 0 Å². The summed E-state index contributed by atoms with van der Waals surface area (Å²) < 4.78 is 5.89. The van der Waals surface area contributed by atoms with E-state index in [1.807, 2.05) is 47.4 Å². The summed E-state index contributed by atoms with van der Waals surface area (Å²) in [6.45, 7) is 13.3. The quantitative estimate of drug-likeness (QED) is 0.422. The van der Waals surface area contributed by atoms with Gasteiger partial charge in [0.15, 0.2) is 0 Å². The maximum Gasteiger partial charge on any atom is 0.251 e. The molecular formula is C28H41N3O3. The fourth-order valence-electron chi connectivity index (χ4n) is 3.91. The van der Waals surface area contributed by atoms with Gasteiger partial charge in [-0.1, -0.05) is 58.0 Å². The van der Waals surface area contributed by atoms with E-state index in [4.69, 9.17) is 4.74 Å². The van der Waals surface area contributed by atoms with Gasteiger partial charge in [-0.05, 0) is 55.8 Å². The van der Waals surface area contributed by atoms with Gasteiger partial charge in [0.05, 0.1) is 0 Å². The average molecular weight is 468 g/mol. The molecule has 0 unspecified atom stereocenters. The number of nitrogens with zero attached hydrogens (tertiary/aromatic N) is 2. The lowest BCUT2D eigenvalue weighted by atomic mass is 10.0. The molecule has 0 radical (unpaired) electrons. The van der Waals surface area contributed by atoms with Gasteiger partial charge in [-0.3, -0.25) is 9.59 Å². The molecule has 0 aliphatic rings. The molecule has 1 N–H and O–H groups in total. The Morgan fingerprint density at radius 1 is 0.853 bits per heavy atom. The van der Waals surface area contributed by atoms with Crippen molar-refractivity contribution in [3.63, 3.8) is 0 Å². The Morgan fingerprint density at radius 3 is 2.03 bits per heavy atom. The molecule has 6 nitrogen and oxygen atoms in total. The van der Waals surface area contributed by atoms with E-state index in [0.29, 0.717) is 31.7 Å². The van der Waals surface area contributed by atoms with Gasteiger partial charge in [0.2, 0.25) is 5.91 Å². The molecule has 0 aromatic heterocycles. The summed E-state index contributed by atoms with van der Waals surface area (Å²) in [4.78, 5) is 30.4. The molecule has 0 fully saturated rings. The summed E-state index contributed by atoms with van der Waals surface area (Å²) in [7, 11) is 0. The van der Waals surface area contributed by atoms with E-state index in [2.05, 4.69) is 37.9 Å². The Balaban J connectivity index is 2.10. The van der Waals surface area contributed by atoms with Gasteiger partial charge in [-0.2, -0.15) is 0 Å². The third-order valence-electron chi connectivity index (χ3n) is 5.87. The largest absolute Gasteiger partial charge is 0.492 e. The first-order chi connectivity index (χ1) is 16.5. The molecule has 0 aliphatic heterocycles. The van der Waals surface area contributed by atoms with Gasteiger partial charge in [-0.25, -0.2) is 0 Å². The second-order valence-electron chi connectivity index (χ2n) is 8.44. The van der Waals surface area contributed by atoms with E-state index in [0.717, 1.165) is 43.8 Å². The molecule has 0 bridgehead atoms. The average Bonchev–Trinajstić information content (AvgIpc) is 2.87. The first-order valence-electron chi connectivity index (χ1n) is 12.6. The van der Waals surface area contributed by atoms with Crippen LogP contribution in [0.3, 0.4) is 0 Å². The fourth-order valence-corrected chi connectivity index (χ4v) is 3.91. The van der Waals surface area contributed by atoms with Crippen molar-refractivity contribution in [3.05, 3.63) is 65.7 Å². The SMILES string of the molecule is CCCN(CCC)C(=O)[C@H](Cc1ccc(OCCN(CC)CC)cc1)NC(=O)c1ccccc1. The molecule has 2 aromatic carbocycles. The first-order valence-corrected chi connectivity index (χ1v) is 12.6. The van der Waals surface area contributed by atoms with Crippen LogP contribution < -0.4 is 10.1 Å². The maximum absolute atomic E-state index is 13.4. The Hall–Kier alpha value is -2.86. The lowest BCUT2D eigenvalue weighted by Crippen LogP contribution is -2.50. The highest BCUT2D eigenvalue weighted by atomic mass is 16.5.